The number of hydrogen-bond donors (Lipinski definition) is 0. The number of halogens is 6. The number of rotatable bonds is 4. The minimum absolute atomic E-state index is 0.0448. The molecule has 10 heteroatoms. The maximum Gasteiger partial charge on any atom is 0.410 e. The molecule has 0 saturated carbocycles. The van der Waals surface area contributed by atoms with E-state index in [-0.39, 0.29) is 4.68 Å². The van der Waals surface area contributed by atoms with Gasteiger partial charge in [-0.1, -0.05) is 11.6 Å². The van der Waals surface area contributed by atoms with Crippen molar-refractivity contribution in [1.82, 2.24) is 9.78 Å². The van der Waals surface area contributed by atoms with Crippen LogP contribution in [0.1, 0.15) is 13.0 Å². The minimum atomic E-state index is -4.73. The Morgan fingerprint density at radius 1 is 1.47 bits per heavy atom. The first-order valence-electron chi connectivity index (χ1n) is 4.90. The molecule has 0 aliphatic heterocycles. The van der Waals surface area contributed by atoms with E-state index in [1.165, 1.54) is 0 Å². The Balaban J connectivity index is 3.17. The lowest BCUT2D eigenvalue weighted by atomic mass is 10.3. The van der Waals surface area contributed by atoms with Crippen LogP contribution in [0.25, 0.3) is 0 Å². The van der Waals surface area contributed by atoms with Gasteiger partial charge < -0.3 is 4.74 Å². The summed E-state index contributed by atoms with van der Waals surface area (Å²) in [5.41, 5.74) is -1.28. The fourth-order valence-corrected chi connectivity index (χ4v) is 1.30. The zero-order valence-corrected chi connectivity index (χ0v) is 10.2. The van der Waals surface area contributed by atoms with Crippen molar-refractivity contribution in [3.05, 3.63) is 21.6 Å². The molecule has 1 aromatic heterocycles. The zero-order valence-electron chi connectivity index (χ0n) is 9.42. The van der Waals surface area contributed by atoms with Crippen LogP contribution < -0.4 is 10.3 Å². The number of hydrogen-bond acceptors (Lipinski definition) is 3. The minimum Gasteiger partial charge on any atom is -0.482 e. The highest BCUT2D eigenvalue weighted by Gasteiger charge is 2.39. The van der Waals surface area contributed by atoms with E-state index >= 15 is 0 Å². The van der Waals surface area contributed by atoms with Gasteiger partial charge in [-0.2, -0.15) is 18.3 Å². The van der Waals surface area contributed by atoms with Gasteiger partial charge in [0.1, 0.15) is 12.6 Å². The molecular weight excluding hydrogens is 299 g/mol. The summed E-state index contributed by atoms with van der Waals surface area (Å²) in [6, 6.07) is -1.47. The van der Waals surface area contributed by atoms with Gasteiger partial charge in [0, 0.05) is 6.07 Å². The van der Waals surface area contributed by atoms with Gasteiger partial charge in [-0.25, -0.2) is 13.5 Å². The standard InChI is InChI=1S/C9H8ClF5N2O2/c1-4(9(13,14)15)17-8(18)5(2-6(10)16-17)19-3-7(11)12/h2,4,7H,3H2,1H3/t4-/m0/s1. The van der Waals surface area contributed by atoms with Crippen molar-refractivity contribution in [3.8, 4) is 5.75 Å². The van der Waals surface area contributed by atoms with E-state index in [0.29, 0.717) is 6.92 Å². The van der Waals surface area contributed by atoms with Crippen molar-refractivity contribution in [2.24, 2.45) is 0 Å². The molecule has 108 valence electrons. The lowest BCUT2D eigenvalue weighted by Gasteiger charge is -2.18. The third kappa shape index (κ3) is 4.05. The van der Waals surface area contributed by atoms with Crippen LogP contribution in [0.2, 0.25) is 5.15 Å². The van der Waals surface area contributed by atoms with Gasteiger partial charge in [0.05, 0.1) is 0 Å². The molecule has 0 aromatic carbocycles. The van der Waals surface area contributed by atoms with Crippen LogP contribution in [0.15, 0.2) is 10.9 Å². The van der Waals surface area contributed by atoms with Gasteiger partial charge in [-0.3, -0.25) is 4.79 Å². The van der Waals surface area contributed by atoms with E-state index < -0.39 is 41.7 Å². The third-order valence-corrected chi connectivity index (χ3v) is 2.26. The number of alkyl halides is 5. The second kappa shape index (κ2) is 5.72. The first-order valence-corrected chi connectivity index (χ1v) is 5.27. The summed E-state index contributed by atoms with van der Waals surface area (Å²) >= 11 is 5.43. The maximum absolute atomic E-state index is 12.5. The molecule has 0 aliphatic carbocycles. The Kier molecular flexibility index (Phi) is 4.72. The van der Waals surface area contributed by atoms with Crippen molar-refractivity contribution in [2.45, 2.75) is 25.6 Å². The van der Waals surface area contributed by atoms with Gasteiger partial charge in [0.15, 0.2) is 10.9 Å². The van der Waals surface area contributed by atoms with Crippen LogP contribution in [-0.2, 0) is 0 Å². The highest BCUT2D eigenvalue weighted by molar-refractivity contribution is 6.29. The van der Waals surface area contributed by atoms with Gasteiger partial charge >= 0.3 is 11.7 Å². The molecule has 0 amide bonds. The second-order valence-electron chi connectivity index (χ2n) is 3.50. The van der Waals surface area contributed by atoms with Gasteiger partial charge in [0.25, 0.3) is 6.43 Å². The second-order valence-corrected chi connectivity index (χ2v) is 3.89. The average Bonchev–Trinajstić information content (AvgIpc) is 2.27. The summed E-state index contributed by atoms with van der Waals surface area (Å²) in [6.45, 7) is -0.447. The van der Waals surface area contributed by atoms with Crippen LogP contribution in [0.4, 0.5) is 22.0 Å². The van der Waals surface area contributed by atoms with E-state index in [2.05, 4.69) is 9.84 Å². The lowest BCUT2D eigenvalue weighted by molar-refractivity contribution is -0.166. The van der Waals surface area contributed by atoms with Gasteiger partial charge in [0.2, 0.25) is 0 Å². The Morgan fingerprint density at radius 2 is 2.05 bits per heavy atom. The van der Waals surface area contributed by atoms with Crippen LogP contribution in [-0.4, -0.2) is 29.0 Å². The number of aromatic nitrogens is 2. The van der Waals surface area contributed by atoms with Crippen LogP contribution in [0.5, 0.6) is 5.75 Å². The summed E-state index contributed by atoms with van der Waals surface area (Å²) in [7, 11) is 0. The molecule has 0 bridgehead atoms. The van der Waals surface area contributed by atoms with Gasteiger partial charge in [-0.15, -0.1) is 0 Å². The summed E-state index contributed by atoms with van der Waals surface area (Å²) < 4.78 is 65.8. The highest BCUT2D eigenvalue weighted by atomic mass is 35.5. The summed E-state index contributed by atoms with van der Waals surface area (Å²) in [6.07, 6.45) is -7.61. The van der Waals surface area contributed by atoms with Crippen molar-refractivity contribution in [1.29, 1.82) is 0 Å². The first-order chi connectivity index (χ1) is 8.62. The van der Waals surface area contributed by atoms with Crippen molar-refractivity contribution < 1.29 is 26.7 Å². The molecule has 1 aromatic rings. The topological polar surface area (TPSA) is 44.1 Å². The predicted octanol–water partition coefficient (Wildman–Crippen LogP) is 2.66. The molecule has 0 aliphatic rings. The Bertz CT molecular complexity index is 502. The molecule has 1 rings (SSSR count). The largest absolute Gasteiger partial charge is 0.482 e. The monoisotopic (exact) mass is 306 g/mol. The third-order valence-electron chi connectivity index (χ3n) is 2.08. The molecule has 4 nitrogen and oxygen atoms in total. The fraction of sp³-hybridized carbons (Fsp3) is 0.556. The summed E-state index contributed by atoms with van der Waals surface area (Å²) in [4.78, 5) is 11.6. The molecule has 0 unspecified atom stereocenters. The predicted molar refractivity (Wildman–Crippen MR) is 55.8 cm³/mol. The molecular formula is C9H8ClF5N2O2. The van der Waals surface area contributed by atoms with Crippen LogP contribution >= 0.6 is 11.6 Å². The molecule has 0 saturated heterocycles. The normalized spacial score (nSPS) is 13.7. The molecule has 0 N–H and O–H groups in total. The van der Waals surface area contributed by atoms with E-state index in [9.17, 15) is 26.7 Å². The van der Waals surface area contributed by atoms with E-state index in [1.807, 2.05) is 0 Å². The van der Waals surface area contributed by atoms with E-state index in [1.54, 1.807) is 0 Å². The first kappa shape index (κ1) is 15.7. The molecule has 0 spiro atoms. The fourth-order valence-electron chi connectivity index (χ4n) is 1.12. The van der Waals surface area contributed by atoms with Crippen molar-refractivity contribution in [3.63, 3.8) is 0 Å². The van der Waals surface area contributed by atoms with E-state index in [0.717, 1.165) is 6.07 Å². The smallest absolute Gasteiger partial charge is 0.410 e. The number of ether oxygens (including phenoxy) is 1. The van der Waals surface area contributed by atoms with Crippen LogP contribution in [0, 0.1) is 0 Å². The summed E-state index contributed by atoms with van der Waals surface area (Å²) in [5.74, 6) is -0.712. The Hall–Kier alpha value is -1.38. The van der Waals surface area contributed by atoms with Gasteiger partial charge in [-0.05, 0) is 6.92 Å². The summed E-state index contributed by atoms with van der Waals surface area (Å²) in [5, 5.41) is 2.74. The van der Waals surface area contributed by atoms with Crippen molar-refractivity contribution >= 4 is 11.6 Å². The molecule has 0 fully saturated rings. The molecule has 1 atom stereocenters. The lowest BCUT2D eigenvalue weighted by Crippen LogP contribution is -2.35. The molecule has 0 radical (unpaired) electrons. The zero-order chi connectivity index (χ0) is 14.8. The Morgan fingerprint density at radius 3 is 2.53 bits per heavy atom. The van der Waals surface area contributed by atoms with Crippen molar-refractivity contribution in [2.75, 3.05) is 6.61 Å². The number of nitrogens with zero attached hydrogens (tertiary/aromatic N) is 2. The van der Waals surface area contributed by atoms with E-state index in [4.69, 9.17) is 11.6 Å². The molecule has 19 heavy (non-hydrogen) atoms. The highest BCUT2D eigenvalue weighted by Crippen LogP contribution is 2.29. The van der Waals surface area contributed by atoms with Crippen LogP contribution in [0.3, 0.4) is 0 Å². The quantitative estimate of drug-likeness (QED) is 0.803. The molecule has 1 heterocycles. The SMILES string of the molecule is C[C@H](n1nc(Cl)cc(OCC(F)F)c1=O)C(F)(F)F. The average molecular weight is 307 g/mol. The Labute approximate surface area is 108 Å². The maximum atomic E-state index is 12.5.